The van der Waals surface area contributed by atoms with Crippen LogP contribution in [0.3, 0.4) is 0 Å². The standard InChI is InChI=1S/C16H19NO3/c1-2-19-16(18)11-7-6-10-14-12-15(17-20-14)13-8-4-3-5-9-13/h3-5,8-9,12H,2,6-7,10-11H2,1H3. The molecule has 1 aromatic carbocycles. The number of hydrogen-bond donors (Lipinski definition) is 0. The fourth-order valence-corrected chi connectivity index (χ4v) is 1.98. The molecule has 0 amide bonds. The number of rotatable bonds is 7. The van der Waals surface area contributed by atoms with E-state index in [2.05, 4.69) is 5.16 Å². The van der Waals surface area contributed by atoms with Gasteiger partial charge in [0.05, 0.1) is 6.61 Å². The van der Waals surface area contributed by atoms with Crippen molar-refractivity contribution in [2.75, 3.05) is 6.61 Å². The van der Waals surface area contributed by atoms with Gasteiger partial charge < -0.3 is 9.26 Å². The van der Waals surface area contributed by atoms with Crippen molar-refractivity contribution in [3.05, 3.63) is 42.2 Å². The third-order valence-corrected chi connectivity index (χ3v) is 2.99. The van der Waals surface area contributed by atoms with Gasteiger partial charge in [-0.15, -0.1) is 0 Å². The Morgan fingerprint density at radius 2 is 2.05 bits per heavy atom. The second-order valence-electron chi connectivity index (χ2n) is 4.56. The van der Waals surface area contributed by atoms with Gasteiger partial charge in [-0.2, -0.15) is 0 Å². The SMILES string of the molecule is CCOC(=O)CCCCc1cc(-c2ccccc2)no1. The number of carbonyl (C=O) groups is 1. The van der Waals surface area contributed by atoms with Crippen molar-refractivity contribution in [3.8, 4) is 11.3 Å². The summed E-state index contributed by atoms with van der Waals surface area (Å²) in [7, 11) is 0. The van der Waals surface area contributed by atoms with E-state index in [-0.39, 0.29) is 5.97 Å². The van der Waals surface area contributed by atoms with Gasteiger partial charge in [-0.25, -0.2) is 0 Å². The molecule has 4 nitrogen and oxygen atoms in total. The highest BCUT2D eigenvalue weighted by Gasteiger charge is 2.07. The van der Waals surface area contributed by atoms with E-state index in [4.69, 9.17) is 9.26 Å². The Morgan fingerprint density at radius 3 is 2.80 bits per heavy atom. The maximum Gasteiger partial charge on any atom is 0.305 e. The van der Waals surface area contributed by atoms with Gasteiger partial charge in [0.1, 0.15) is 11.5 Å². The van der Waals surface area contributed by atoms with Crippen molar-refractivity contribution in [2.24, 2.45) is 0 Å². The zero-order valence-electron chi connectivity index (χ0n) is 11.7. The summed E-state index contributed by atoms with van der Waals surface area (Å²) in [5.41, 5.74) is 1.90. The number of nitrogens with zero attached hydrogens (tertiary/aromatic N) is 1. The molecule has 106 valence electrons. The molecule has 2 aromatic rings. The Labute approximate surface area is 118 Å². The first-order chi connectivity index (χ1) is 9.79. The van der Waals surface area contributed by atoms with Crippen molar-refractivity contribution in [2.45, 2.75) is 32.6 Å². The Kier molecular flexibility index (Phi) is 5.35. The lowest BCUT2D eigenvalue weighted by Gasteiger charge is -2.00. The summed E-state index contributed by atoms with van der Waals surface area (Å²) in [6.45, 7) is 2.26. The molecule has 2 rings (SSSR count). The van der Waals surface area contributed by atoms with Gasteiger partial charge in [-0.1, -0.05) is 35.5 Å². The third-order valence-electron chi connectivity index (χ3n) is 2.99. The number of aromatic nitrogens is 1. The van der Waals surface area contributed by atoms with E-state index in [9.17, 15) is 4.79 Å². The van der Waals surface area contributed by atoms with Crippen LogP contribution in [-0.4, -0.2) is 17.7 Å². The number of hydrogen-bond acceptors (Lipinski definition) is 4. The van der Waals surface area contributed by atoms with Crippen LogP contribution in [0.5, 0.6) is 0 Å². The van der Waals surface area contributed by atoms with Crippen LogP contribution in [0.15, 0.2) is 40.9 Å². The van der Waals surface area contributed by atoms with Gasteiger partial charge in [-0.05, 0) is 19.8 Å². The Hall–Kier alpha value is -2.10. The van der Waals surface area contributed by atoms with Crippen LogP contribution in [0.2, 0.25) is 0 Å². The molecule has 0 saturated carbocycles. The molecule has 20 heavy (non-hydrogen) atoms. The molecule has 0 radical (unpaired) electrons. The first kappa shape index (κ1) is 14.3. The average molecular weight is 273 g/mol. The monoisotopic (exact) mass is 273 g/mol. The number of esters is 1. The Morgan fingerprint density at radius 1 is 1.25 bits per heavy atom. The van der Waals surface area contributed by atoms with Gasteiger partial charge in [0.2, 0.25) is 0 Å². The van der Waals surface area contributed by atoms with E-state index < -0.39 is 0 Å². The lowest BCUT2D eigenvalue weighted by molar-refractivity contribution is -0.143. The molecule has 0 aliphatic carbocycles. The van der Waals surface area contributed by atoms with Crippen LogP contribution in [-0.2, 0) is 16.0 Å². The number of unbranched alkanes of at least 4 members (excludes halogenated alkanes) is 1. The topological polar surface area (TPSA) is 52.3 Å². The molecule has 4 heteroatoms. The summed E-state index contributed by atoms with van der Waals surface area (Å²) in [5, 5.41) is 4.06. The molecular weight excluding hydrogens is 254 g/mol. The van der Waals surface area contributed by atoms with Crippen LogP contribution in [0.1, 0.15) is 31.9 Å². The molecule has 0 atom stereocenters. The number of benzene rings is 1. The average Bonchev–Trinajstić information content (AvgIpc) is 2.94. The van der Waals surface area contributed by atoms with E-state index in [0.717, 1.165) is 36.3 Å². The first-order valence-electron chi connectivity index (χ1n) is 6.96. The zero-order valence-corrected chi connectivity index (χ0v) is 11.7. The Balaban J connectivity index is 1.78. The van der Waals surface area contributed by atoms with E-state index in [1.807, 2.05) is 43.3 Å². The van der Waals surface area contributed by atoms with Crippen LogP contribution in [0.25, 0.3) is 11.3 Å². The van der Waals surface area contributed by atoms with Crippen LogP contribution >= 0.6 is 0 Å². The van der Waals surface area contributed by atoms with Crippen molar-refractivity contribution in [1.82, 2.24) is 5.16 Å². The molecule has 0 unspecified atom stereocenters. The molecule has 0 aliphatic rings. The molecule has 0 aliphatic heterocycles. The van der Waals surface area contributed by atoms with Crippen molar-refractivity contribution >= 4 is 5.97 Å². The fraction of sp³-hybridized carbons (Fsp3) is 0.375. The van der Waals surface area contributed by atoms with Crippen molar-refractivity contribution < 1.29 is 14.1 Å². The predicted octanol–water partition coefficient (Wildman–Crippen LogP) is 3.62. The summed E-state index contributed by atoms with van der Waals surface area (Å²) in [4.78, 5) is 11.2. The van der Waals surface area contributed by atoms with Crippen molar-refractivity contribution in [3.63, 3.8) is 0 Å². The quantitative estimate of drug-likeness (QED) is 0.571. The number of carbonyl (C=O) groups excluding carboxylic acids is 1. The predicted molar refractivity (Wildman–Crippen MR) is 76.1 cm³/mol. The lowest BCUT2D eigenvalue weighted by Crippen LogP contribution is -2.03. The molecule has 1 heterocycles. The summed E-state index contributed by atoms with van der Waals surface area (Å²) in [5.74, 6) is 0.725. The second kappa shape index (κ2) is 7.48. The van der Waals surface area contributed by atoms with E-state index >= 15 is 0 Å². The maximum absolute atomic E-state index is 11.2. The summed E-state index contributed by atoms with van der Waals surface area (Å²) < 4.78 is 10.2. The van der Waals surface area contributed by atoms with Crippen LogP contribution in [0, 0.1) is 0 Å². The van der Waals surface area contributed by atoms with E-state index in [1.165, 1.54) is 0 Å². The second-order valence-corrected chi connectivity index (χ2v) is 4.56. The van der Waals surface area contributed by atoms with Gasteiger partial charge in [0.25, 0.3) is 0 Å². The van der Waals surface area contributed by atoms with Crippen molar-refractivity contribution in [1.29, 1.82) is 0 Å². The number of ether oxygens (including phenoxy) is 1. The minimum Gasteiger partial charge on any atom is -0.466 e. The Bertz CT molecular complexity index is 534. The highest BCUT2D eigenvalue weighted by molar-refractivity contribution is 5.69. The maximum atomic E-state index is 11.2. The summed E-state index contributed by atoms with van der Waals surface area (Å²) >= 11 is 0. The van der Waals surface area contributed by atoms with Gasteiger partial charge in [0.15, 0.2) is 0 Å². The zero-order chi connectivity index (χ0) is 14.2. The minimum absolute atomic E-state index is 0.130. The van der Waals surface area contributed by atoms with Crippen LogP contribution in [0.4, 0.5) is 0 Å². The normalized spacial score (nSPS) is 10.4. The summed E-state index contributed by atoms with van der Waals surface area (Å²) in [6.07, 6.45) is 2.95. The van der Waals surface area contributed by atoms with Gasteiger partial charge in [-0.3, -0.25) is 4.79 Å². The van der Waals surface area contributed by atoms with E-state index in [1.54, 1.807) is 0 Å². The van der Waals surface area contributed by atoms with Gasteiger partial charge >= 0.3 is 5.97 Å². The molecular formula is C16H19NO3. The molecule has 0 fully saturated rings. The lowest BCUT2D eigenvalue weighted by atomic mass is 10.1. The van der Waals surface area contributed by atoms with E-state index in [0.29, 0.717) is 13.0 Å². The molecule has 0 N–H and O–H groups in total. The fourth-order valence-electron chi connectivity index (χ4n) is 1.98. The van der Waals surface area contributed by atoms with Crippen LogP contribution < -0.4 is 0 Å². The highest BCUT2D eigenvalue weighted by atomic mass is 16.5. The molecule has 0 saturated heterocycles. The first-order valence-corrected chi connectivity index (χ1v) is 6.96. The third kappa shape index (κ3) is 4.23. The summed E-state index contributed by atoms with van der Waals surface area (Å²) in [6, 6.07) is 11.9. The molecule has 0 spiro atoms. The number of aryl methyl sites for hydroxylation is 1. The highest BCUT2D eigenvalue weighted by Crippen LogP contribution is 2.19. The largest absolute Gasteiger partial charge is 0.466 e. The smallest absolute Gasteiger partial charge is 0.305 e. The molecule has 1 aromatic heterocycles. The minimum atomic E-state index is -0.130. The molecule has 0 bridgehead atoms. The van der Waals surface area contributed by atoms with Gasteiger partial charge in [0, 0.05) is 24.5 Å².